The van der Waals surface area contributed by atoms with Gasteiger partial charge in [-0.3, -0.25) is 9.80 Å². The predicted molar refractivity (Wildman–Crippen MR) is 88.4 cm³/mol. The number of nitrogens with zero attached hydrogens (tertiary/aromatic N) is 3. The lowest BCUT2D eigenvalue weighted by molar-refractivity contribution is 0.0407. The summed E-state index contributed by atoms with van der Waals surface area (Å²) in [5, 5.41) is 0. The van der Waals surface area contributed by atoms with Gasteiger partial charge in [0.05, 0.1) is 0 Å². The van der Waals surface area contributed by atoms with Gasteiger partial charge in [0.1, 0.15) is 0 Å². The number of rotatable bonds is 3. The zero-order valence-electron chi connectivity index (χ0n) is 13.5. The molecule has 116 valence electrons. The van der Waals surface area contributed by atoms with Gasteiger partial charge in [-0.15, -0.1) is 0 Å². The molecule has 1 atom stereocenters. The van der Waals surface area contributed by atoms with E-state index >= 15 is 0 Å². The highest BCUT2D eigenvalue weighted by Gasteiger charge is 2.29. The standard InChI is InChI=1S/C18H29N3/c1-16-14-21(13-12-19(16)2)18-8-10-20(11-9-18)15-17-6-4-3-5-7-17/h3-7,16,18H,8-15H2,1-2H3. The van der Waals surface area contributed by atoms with Crippen molar-refractivity contribution in [1.29, 1.82) is 0 Å². The number of hydrogen-bond acceptors (Lipinski definition) is 3. The predicted octanol–water partition coefficient (Wildman–Crippen LogP) is 2.29. The highest BCUT2D eigenvalue weighted by atomic mass is 15.3. The molecular weight excluding hydrogens is 258 g/mol. The fourth-order valence-electron chi connectivity index (χ4n) is 3.69. The lowest BCUT2D eigenvalue weighted by atomic mass is 10.0. The van der Waals surface area contributed by atoms with Crippen molar-refractivity contribution < 1.29 is 0 Å². The van der Waals surface area contributed by atoms with E-state index in [0.717, 1.165) is 12.6 Å². The summed E-state index contributed by atoms with van der Waals surface area (Å²) in [6, 6.07) is 12.4. The van der Waals surface area contributed by atoms with Gasteiger partial charge >= 0.3 is 0 Å². The largest absolute Gasteiger partial charge is 0.301 e. The average molecular weight is 287 g/mol. The maximum absolute atomic E-state index is 2.74. The second-order valence-electron chi connectivity index (χ2n) is 6.82. The van der Waals surface area contributed by atoms with Gasteiger partial charge in [-0.1, -0.05) is 30.3 Å². The van der Waals surface area contributed by atoms with Crippen LogP contribution in [0.1, 0.15) is 25.3 Å². The van der Waals surface area contributed by atoms with Crippen LogP contribution >= 0.6 is 0 Å². The van der Waals surface area contributed by atoms with Gasteiger partial charge in [-0.2, -0.15) is 0 Å². The van der Waals surface area contributed by atoms with E-state index in [2.05, 4.69) is 59.0 Å². The minimum absolute atomic E-state index is 0.709. The van der Waals surface area contributed by atoms with Crippen molar-refractivity contribution in [3.8, 4) is 0 Å². The third-order valence-corrected chi connectivity index (χ3v) is 5.31. The topological polar surface area (TPSA) is 9.72 Å². The van der Waals surface area contributed by atoms with Crippen LogP contribution < -0.4 is 0 Å². The Morgan fingerprint density at radius 3 is 2.38 bits per heavy atom. The number of likely N-dealkylation sites (tertiary alicyclic amines) is 1. The number of likely N-dealkylation sites (N-methyl/N-ethyl adjacent to an activating group) is 1. The second kappa shape index (κ2) is 6.91. The van der Waals surface area contributed by atoms with Crippen LogP contribution in [0.3, 0.4) is 0 Å². The molecule has 2 heterocycles. The Morgan fingerprint density at radius 2 is 1.71 bits per heavy atom. The summed E-state index contributed by atoms with van der Waals surface area (Å²) in [5.74, 6) is 0. The molecule has 21 heavy (non-hydrogen) atoms. The number of benzene rings is 1. The second-order valence-corrected chi connectivity index (χ2v) is 6.82. The van der Waals surface area contributed by atoms with Gasteiger partial charge < -0.3 is 4.90 Å². The normalized spacial score (nSPS) is 27.0. The van der Waals surface area contributed by atoms with Gasteiger partial charge in [0, 0.05) is 38.3 Å². The lowest BCUT2D eigenvalue weighted by Crippen LogP contribution is -2.55. The number of hydrogen-bond donors (Lipinski definition) is 0. The summed E-state index contributed by atoms with van der Waals surface area (Å²) in [5.41, 5.74) is 1.45. The molecule has 0 radical (unpaired) electrons. The zero-order valence-corrected chi connectivity index (χ0v) is 13.5. The Labute approximate surface area is 129 Å². The van der Waals surface area contributed by atoms with Gasteiger partial charge in [0.25, 0.3) is 0 Å². The summed E-state index contributed by atoms with van der Waals surface area (Å²) >= 11 is 0. The molecule has 1 aromatic carbocycles. The van der Waals surface area contributed by atoms with Crippen molar-refractivity contribution in [2.24, 2.45) is 0 Å². The maximum atomic E-state index is 2.74. The molecule has 0 aromatic heterocycles. The molecule has 0 N–H and O–H groups in total. The van der Waals surface area contributed by atoms with Crippen molar-refractivity contribution >= 4 is 0 Å². The van der Waals surface area contributed by atoms with Crippen LogP contribution in [0.4, 0.5) is 0 Å². The Balaban J connectivity index is 1.47. The van der Waals surface area contributed by atoms with Gasteiger partial charge in [-0.05, 0) is 45.5 Å². The number of piperazine rings is 1. The Bertz CT molecular complexity index is 425. The highest BCUT2D eigenvalue weighted by Crippen LogP contribution is 2.21. The van der Waals surface area contributed by atoms with Gasteiger partial charge in [0.2, 0.25) is 0 Å². The maximum Gasteiger partial charge on any atom is 0.0233 e. The third-order valence-electron chi connectivity index (χ3n) is 5.31. The molecule has 3 nitrogen and oxygen atoms in total. The molecule has 2 fully saturated rings. The summed E-state index contributed by atoms with van der Waals surface area (Å²) in [7, 11) is 2.25. The van der Waals surface area contributed by atoms with E-state index in [4.69, 9.17) is 0 Å². The molecule has 2 saturated heterocycles. The van der Waals surface area contributed by atoms with E-state index in [1.165, 1.54) is 51.1 Å². The van der Waals surface area contributed by atoms with E-state index in [1.807, 2.05) is 0 Å². The molecule has 0 spiro atoms. The monoisotopic (exact) mass is 287 g/mol. The lowest BCUT2D eigenvalue weighted by Gasteiger charge is -2.44. The fraction of sp³-hybridized carbons (Fsp3) is 0.667. The van der Waals surface area contributed by atoms with Crippen molar-refractivity contribution in [3.63, 3.8) is 0 Å². The first-order chi connectivity index (χ1) is 10.2. The smallest absolute Gasteiger partial charge is 0.0233 e. The van der Waals surface area contributed by atoms with E-state index in [1.54, 1.807) is 0 Å². The molecule has 2 aliphatic rings. The quantitative estimate of drug-likeness (QED) is 0.844. The molecule has 3 rings (SSSR count). The minimum Gasteiger partial charge on any atom is -0.301 e. The molecule has 1 aromatic rings. The SMILES string of the molecule is CC1CN(C2CCN(Cc3ccccc3)CC2)CCN1C. The zero-order chi connectivity index (χ0) is 14.7. The minimum atomic E-state index is 0.709. The van der Waals surface area contributed by atoms with Crippen LogP contribution in [0.25, 0.3) is 0 Å². The van der Waals surface area contributed by atoms with Crippen molar-refractivity contribution in [2.45, 2.75) is 38.4 Å². The first-order valence-electron chi connectivity index (χ1n) is 8.43. The molecule has 0 aliphatic carbocycles. The van der Waals surface area contributed by atoms with E-state index < -0.39 is 0 Å². The van der Waals surface area contributed by atoms with Crippen molar-refractivity contribution in [2.75, 3.05) is 39.8 Å². The van der Waals surface area contributed by atoms with Crippen LogP contribution in [0.15, 0.2) is 30.3 Å². The van der Waals surface area contributed by atoms with Gasteiger partial charge in [0.15, 0.2) is 0 Å². The Morgan fingerprint density at radius 1 is 1.00 bits per heavy atom. The summed E-state index contributed by atoms with van der Waals surface area (Å²) in [4.78, 5) is 7.84. The molecular formula is C18H29N3. The van der Waals surface area contributed by atoms with Crippen LogP contribution in [0.2, 0.25) is 0 Å². The summed E-state index contributed by atoms with van der Waals surface area (Å²) < 4.78 is 0. The Kier molecular flexibility index (Phi) is 4.94. The summed E-state index contributed by atoms with van der Waals surface area (Å²) in [6.45, 7) is 9.71. The van der Waals surface area contributed by atoms with Crippen LogP contribution in [0.5, 0.6) is 0 Å². The molecule has 0 saturated carbocycles. The van der Waals surface area contributed by atoms with Crippen LogP contribution in [0, 0.1) is 0 Å². The number of piperidine rings is 1. The molecule has 0 amide bonds. The molecule has 2 aliphatic heterocycles. The van der Waals surface area contributed by atoms with Crippen LogP contribution in [-0.4, -0.2) is 66.6 Å². The van der Waals surface area contributed by atoms with E-state index in [9.17, 15) is 0 Å². The average Bonchev–Trinajstić information content (AvgIpc) is 2.52. The van der Waals surface area contributed by atoms with Crippen molar-refractivity contribution in [1.82, 2.24) is 14.7 Å². The summed E-state index contributed by atoms with van der Waals surface area (Å²) in [6.07, 6.45) is 2.67. The fourth-order valence-corrected chi connectivity index (χ4v) is 3.69. The highest BCUT2D eigenvalue weighted by molar-refractivity contribution is 5.14. The van der Waals surface area contributed by atoms with Gasteiger partial charge in [-0.25, -0.2) is 0 Å². The molecule has 1 unspecified atom stereocenters. The van der Waals surface area contributed by atoms with E-state index in [0.29, 0.717) is 6.04 Å². The third kappa shape index (κ3) is 3.85. The Hall–Kier alpha value is -0.900. The van der Waals surface area contributed by atoms with E-state index in [-0.39, 0.29) is 0 Å². The van der Waals surface area contributed by atoms with Crippen LogP contribution in [-0.2, 0) is 6.54 Å². The van der Waals surface area contributed by atoms with Crippen molar-refractivity contribution in [3.05, 3.63) is 35.9 Å². The first kappa shape index (κ1) is 15.0. The first-order valence-corrected chi connectivity index (χ1v) is 8.43. The molecule has 3 heteroatoms. The molecule has 0 bridgehead atoms.